The molecule has 1 aromatic rings. The molecule has 3 nitrogen and oxygen atoms in total. The maximum absolute atomic E-state index is 5.71. The van der Waals surface area contributed by atoms with Crippen molar-refractivity contribution in [2.75, 3.05) is 26.1 Å². The minimum atomic E-state index is 0.519. The second-order valence-electron chi connectivity index (χ2n) is 2.76. The summed E-state index contributed by atoms with van der Waals surface area (Å²) in [4.78, 5) is 0. The summed E-state index contributed by atoms with van der Waals surface area (Å²) < 4.78 is 10.3. The Morgan fingerprint density at radius 1 is 1.38 bits per heavy atom. The van der Waals surface area contributed by atoms with Gasteiger partial charge >= 0.3 is 0 Å². The number of rotatable bonds is 4. The van der Waals surface area contributed by atoms with Gasteiger partial charge in [0.15, 0.2) is 0 Å². The highest BCUT2D eigenvalue weighted by atomic mass is 16.5. The number of nitrogen functional groups attached to an aromatic ring is 1. The summed E-state index contributed by atoms with van der Waals surface area (Å²) in [6, 6.07) is 6.47. The summed E-state index contributed by atoms with van der Waals surface area (Å²) in [6.45, 7) is 3.03. The van der Waals surface area contributed by atoms with Crippen LogP contribution in [0.4, 0.5) is 5.69 Å². The Morgan fingerprint density at radius 2 is 2.15 bits per heavy atom. The van der Waals surface area contributed by atoms with Gasteiger partial charge in [0.2, 0.25) is 0 Å². The molecule has 0 heterocycles. The van der Waals surface area contributed by atoms with Crippen LogP contribution in [0.2, 0.25) is 0 Å². The summed E-state index contributed by atoms with van der Waals surface area (Å²) in [5, 5.41) is 0. The molecule has 0 amide bonds. The topological polar surface area (TPSA) is 44.5 Å². The molecule has 71 valence electrons. The van der Waals surface area contributed by atoms with Crippen LogP contribution in [0.5, 0.6) is 5.75 Å². The maximum atomic E-state index is 5.71. The van der Waals surface area contributed by atoms with Crippen molar-refractivity contribution in [3.8, 4) is 5.75 Å². The van der Waals surface area contributed by atoms with Gasteiger partial charge in [-0.2, -0.15) is 0 Å². The fourth-order valence-corrected chi connectivity index (χ4v) is 1.04. The summed E-state index contributed by atoms with van der Waals surface area (Å²) in [5.74, 6) is 0.732. The van der Waals surface area contributed by atoms with Crippen LogP contribution < -0.4 is 10.5 Å². The van der Waals surface area contributed by atoms with Gasteiger partial charge in [0.25, 0.3) is 0 Å². The molecule has 0 aliphatic rings. The van der Waals surface area contributed by atoms with Crippen molar-refractivity contribution in [3.05, 3.63) is 23.8 Å². The maximum Gasteiger partial charge on any atom is 0.145 e. The lowest BCUT2D eigenvalue weighted by Gasteiger charge is -2.10. The van der Waals surface area contributed by atoms with Crippen LogP contribution in [-0.2, 0) is 4.74 Å². The minimum absolute atomic E-state index is 0.519. The number of hydrogen-bond donors (Lipinski definition) is 1. The van der Waals surface area contributed by atoms with Gasteiger partial charge in [0.05, 0.1) is 12.3 Å². The average Bonchev–Trinajstić information content (AvgIpc) is 2.10. The SMILES string of the molecule is COCCOc1c(C)c[c]cc1N. The van der Waals surface area contributed by atoms with Crippen molar-refractivity contribution in [2.24, 2.45) is 0 Å². The predicted octanol–water partition coefficient (Wildman–Crippen LogP) is 1.40. The van der Waals surface area contributed by atoms with E-state index in [9.17, 15) is 0 Å². The smallest absolute Gasteiger partial charge is 0.145 e. The number of hydrogen-bond acceptors (Lipinski definition) is 3. The first-order valence-electron chi connectivity index (χ1n) is 4.13. The Hall–Kier alpha value is -1.22. The van der Waals surface area contributed by atoms with Gasteiger partial charge in [0.1, 0.15) is 12.4 Å². The highest BCUT2D eigenvalue weighted by Crippen LogP contribution is 2.24. The summed E-state index contributed by atoms with van der Waals surface area (Å²) in [6.07, 6.45) is 0. The molecule has 0 aromatic heterocycles. The molecule has 0 aliphatic heterocycles. The van der Waals surface area contributed by atoms with Crippen LogP contribution in [0.1, 0.15) is 5.56 Å². The van der Waals surface area contributed by atoms with Gasteiger partial charge in [-0.15, -0.1) is 0 Å². The van der Waals surface area contributed by atoms with Gasteiger partial charge in [-0.1, -0.05) is 0 Å². The third-order valence-electron chi connectivity index (χ3n) is 1.69. The molecule has 1 rings (SSSR count). The van der Waals surface area contributed by atoms with Crippen molar-refractivity contribution < 1.29 is 9.47 Å². The van der Waals surface area contributed by atoms with E-state index in [4.69, 9.17) is 15.2 Å². The first kappa shape index (κ1) is 9.86. The molecule has 0 bridgehead atoms. The van der Waals surface area contributed by atoms with E-state index >= 15 is 0 Å². The molecule has 0 saturated heterocycles. The summed E-state index contributed by atoms with van der Waals surface area (Å²) in [5.41, 5.74) is 7.32. The zero-order valence-electron chi connectivity index (χ0n) is 7.96. The van der Waals surface area contributed by atoms with Gasteiger partial charge in [0, 0.05) is 7.11 Å². The van der Waals surface area contributed by atoms with Gasteiger partial charge < -0.3 is 15.2 Å². The average molecular weight is 180 g/mol. The minimum Gasteiger partial charge on any atom is -0.489 e. The molecule has 1 radical (unpaired) electrons. The van der Waals surface area contributed by atoms with Crippen LogP contribution in [-0.4, -0.2) is 20.3 Å². The molecule has 0 fully saturated rings. The molecule has 0 saturated carbocycles. The number of benzene rings is 1. The molecular weight excluding hydrogens is 166 g/mol. The molecule has 0 spiro atoms. The lowest BCUT2D eigenvalue weighted by Crippen LogP contribution is -2.06. The predicted molar refractivity (Wildman–Crippen MR) is 51.8 cm³/mol. The molecule has 0 aliphatic carbocycles. The number of anilines is 1. The van der Waals surface area contributed by atoms with E-state index in [2.05, 4.69) is 6.07 Å². The van der Waals surface area contributed by atoms with Crippen molar-refractivity contribution in [2.45, 2.75) is 6.92 Å². The Kier molecular flexibility index (Phi) is 3.58. The van der Waals surface area contributed by atoms with Crippen molar-refractivity contribution in [1.29, 1.82) is 0 Å². The van der Waals surface area contributed by atoms with Crippen molar-refractivity contribution in [1.82, 2.24) is 0 Å². The summed E-state index contributed by atoms with van der Waals surface area (Å²) >= 11 is 0. The van der Waals surface area contributed by atoms with Gasteiger partial charge in [-0.3, -0.25) is 0 Å². The molecule has 3 heteroatoms. The van der Waals surface area contributed by atoms with Gasteiger partial charge in [-0.05, 0) is 30.7 Å². The van der Waals surface area contributed by atoms with E-state index in [1.54, 1.807) is 13.2 Å². The number of ether oxygens (including phenoxy) is 2. The number of methoxy groups -OCH3 is 1. The van der Waals surface area contributed by atoms with E-state index < -0.39 is 0 Å². The molecule has 2 N–H and O–H groups in total. The first-order chi connectivity index (χ1) is 6.25. The Labute approximate surface area is 78.5 Å². The number of aryl methyl sites for hydroxylation is 1. The van der Waals surface area contributed by atoms with E-state index in [1.807, 2.05) is 13.0 Å². The third kappa shape index (κ3) is 2.63. The zero-order valence-corrected chi connectivity index (χ0v) is 7.96. The Morgan fingerprint density at radius 3 is 2.77 bits per heavy atom. The molecule has 0 unspecified atom stereocenters. The standard InChI is InChI=1S/C10H14NO2/c1-8-4-3-5-9(11)10(8)13-7-6-12-2/h4-5H,6-7,11H2,1-2H3. The van der Waals surface area contributed by atoms with Gasteiger partial charge in [-0.25, -0.2) is 0 Å². The second kappa shape index (κ2) is 4.72. The highest BCUT2D eigenvalue weighted by Gasteiger charge is 2.02. The molecule has 0 atom stereocenters. The summed E-state index contributed by atoms with van der Waals surface area (Å²) in [7, 11) is 1.64. The fourth-order valence-electron chi connectivity index (χ4n) is 1.04. The van der Waals surface area contributed by atoms with Crippen LogP contribution in [0.15, 0.2) is 12.1 Å². The Bertz CT molecular complexity index is 253. The first-order valence-corrected chi connectivity index (χ1v) is 4.13. The fraction of sp³-hybridized carbons (Fsp3) is 0.400. The van der Waals surface area contributed by atoms with E-state index in [0.29, 0.717) is 18.9 Å². The normalized spacial score (nSPS) is 10.0. The molecule has 1 aromatic carbocycles. The second-order valence-corrected chi connectivity index (χ2v) is 2.76. The van der Waals surface area contributed by atoms with E-state index in [1.165, 1.54) is 0 Å². The lowest BCUT2D eigenvalue weighted by atomic mass is 10.2. The third-order valence-corrected chi connectivity index (χ3v) is 1.69. The van der Waals surface area contributed by atoms with Crippen LogP contribution in [0.25, 0.3) is 0 Å². The van der Waals surface area contributed by atoms with Crippen molar-refractivity contribution >= 4 is 5.69 Å². The van der Waals surface area contributed by atoms with Crippen LogP contribution in [0, 0.1) is 13.0 Å². The lowest BCUT2D eigenvalue weighted by molar-refractivity contribution is 0.146. The largest absolute Gasteiger partial charge is 0.489 e. The molecule has 13 heavy (non-hydrogen) atoms. The molecular formula is C10H14NO2. The quantitative estimate of drug-likeness (QED) is 0.562. The Balaban J connectivity index is 2.64. The number of nitrogens with two attached hydrogens (primary N) is 1. The van der Waals surface area contributed by atoms with Crippen LogP contribution in [0.3, 0.4) is 0 Å². The van der Waals surface area contributed by atoms with Crippen molar-refractivity contribution in [3.63, 3.8) is 0 Å². The van der Waals surface area contributed by atoms with Crippen LogP contribution >= 0.6 is 0 Å². The monoisotopic (exact) mass is 180 g/mol. The van der Waals surface area contributed by atoms with E-state index in [-0.39, 0.29) is 0 Å². The highest BCUT2D eigenvalue weighted by molar-refractivity contribution is 5.55. The zero-order chi connectivity index (χ0) is 9.68. The van der Waals surface area contributed by atoms with E-state index in [0.717, 1.165) is 11.3 Å².